The van der Waals surface area contributed by atoms with Crippen LogP contribution in [0.4, 0.5) is 0 Å². The summed E-state index contributed by atoms with van der Waals surface area (Å²) in [4.78, 5) is 0. The van der Waals surface area contributed by atoms with Gasteiger partial charge in [-0.1, -0.05) is 159 Å². The normalized spacial score (nSPS) is 13.2. The monoisotopic (exact) mass is 609 g/mol. The number of hydrogen-bond acceptors (Lipinski definition) is 0. The number of nitrogens with zero attached hydrogens (tertiary/aromatic N) is 2. The molecule has 3 rings (SSSR count). The van der Waals surface area contributed by atoms with Gasteiger partial charge in [0.2, 0.25) is 11.4 Å². The van der Waals surface area contributed by atoms with E-state index in [4.69, 9.17) is 0 Å². The molecule has 0 aliphatic carbocycles. The molecule has 1 aliphatic rings. The van der Waals surface area contributed by atoms with Crippen LogP contribution >= 0.6 is 0 Å². The number of unbranched alkanes of at least 4 members (excludes halogenated alkanes) is 18. The van der Waals surface area contributed by atoms with E-state index in [0.717, 1.165) is 48.2 Å². The fourth-order valence-electron chi connectivity index (χ4n) is 6.52. The van der Waals surface area contributed by atoms with Crippen LogP contribution in [-0.4, -0.2) is 4.70 Å². The Morgan fingerprint density at radius 2 is 1.02 bits per heavy atom. The Kier molecular flexibility index (Phi) is 19.2. The van der Waals surface area contributed by atoms with Crippen molar-refractivity contribution in [2.45, 2.75) is 162 Å². The third-order valence-electron chi connectivity index (χ3n) is 9.43. The Morgan fingerprint density at radius 1 is 0.511 bits per heavy atom. The van der Waals surface area contributed by atoms with Gasteiger partial charge in [-0.3, -0.25) is 0 Å². The molecule has 0 bridgehead atoms. The largest absolute Gasteiger partial charge is 0.493 e. The summed E-state index contributed by atoms with van der Waals surface area (Å²) in [6.07, 6.45) is 39.7. The molecule has 2 heteroatoms. The van der Waals surface area contributed by atoms with Crippen LogP contribution in [0.5, 0.6) is 0 Å². The van der Waals surface area contributed by atoms with Gasteiger partial charge in [-0.05, 0) is 74.3 Å². The molecule has 0 amide bonds. The highest BCUT2D eigenvalue weighted by Gasteiger charge is 2.24. The van der Waals surface area contributed by atoms with Crippen LogP contribution in [0, 0.1) is 0 Å². The molecule has 0 fully saturated rings. The summed E-state index contributed by atoms with van der Waals surface area (Å²) >= 11 is 0. The highest BCUT2D eigenvalue weighted by atomic mass is 15.2. The van der Waals surface area contributed by atoms with Crippen LogP contribution < -0.4 is 0 Å². The smallest absolute Gasteiger partial charge is 0.207 e. The van der Waals surface area contributed by atoms with Gasteiger partial charge in [0.05, 0.1) is 0 Å². The Balaban J connectivity index is 1.22. The van der Waals surface area contributed by atoms with Crippen molar-refractivity contribution in [3.8, 4) is 0 Å². The van der Waals surface area contributed by atoms with Crippen LogP contribution in [0.2, 0.25) is 0 Å². The molecule has 0 atom stereocenters. The Bertz CT molecular complexity index is 1170. The second kappa shape index (κ2) is 23.6. The second-order valence-electron chi connectivity index (χ2n) is 13.3. The molecular formula is C43H64N2. The molecule has 1 heterocycles. The summed E-state index contributed by atoms with van der Waals surface area (Å²) in [6, 6.07) is 17.2. The third kappa shape index (κ3) is 14.5. The van der Waals surface area contributed by atoms with Crippen molar-refractivity contribution < 1.29 is 4.70 Å². The Morgan fingerprint density at radius 3 is 1.62 bits per heavy atom. The predicted octanol–water partition coefficient (Wildman–Crippen LogP) is 14.0. The topological polar surface area (TPSA) is 25.3 Å². The first kappa shape index (κ1) is 36.7. The van der Waals surface area contributed by atoms with E-state index < -0.39 is 0 Å². The van der Waals surface area contributed by atoms with Crippen molar-refractivity contribution in [3.05, 3.63) is 101 Å². The molecule has 0 aromatic heterocycles. The molecule has 1 aliphatic heterocycles. The molecule has 0 spiro atoms. The number of aryl methyl sites for hydroxylation is 2. The predicted molar refractivity (Wildman–Crippen MR) is 197 cm³/mol. The minimum absolute atomic E-state index is 0.846. The second-order valence-corrected chi connectivity index (χ2v) is 13.3. The highest BCUT2D eigenvalue weighted by Crippen LogP contribution is 2.33. The fraction of sp³-hybridized carbons (Fsp3) is 0.581. The molecule has 45 heavy (non-hydrogen) atoms. The van der Waals surface area contributed by atoms with Crippen molar-refractivity contribution in [1.82, 2.24) is 0 Å². The zero-order chi connectivity index (χ0) is 31.8. The fourth-order valence-corrected chi connectivity index (χ4v) is 6.52. The van der Waals surface area contributed by atoms with Crippen LogP contribution in [0.1, 0.15) is 171 Å². The summed E-state index contributed by atoms with van der Waals surface area (Å²) in [5, 5.41) is 0. The summed E-state index contributed by atoms with van der Waals surface area (Å²) in [5.74, 6) is 0. The first-order chi connectivity index (χ1) is 22.2. The van der Waals surface area contributed by atoms with Gasteiger partial charge in [0.15, 0.2) is 0 Å². The van der Waals surface area contributed by atoms with Crippen molar-refractivity contribution in [2.75, 3.05) is 0 Å². The van der Waals surface area contributed by atoms with Crippen molar-refractivity contribution in [1.29, 1.82) is 0 Å². The van der Waals surface area contributed by atoms with Gasteiger partial charge in [-0.2, -0.15) is 0 Å². The van der Waals surface area contributed by atoms with E-state index in [1.54, 1.807) is 0 Å². The molecular weight excluding hydrogens is 544 g/mol. The molecule has 0 saturated carbocycles. The van der Waals surface area contributed by atoms with Crippen LogP contribution in [-0.2, 0) is 12.8 Å². The van der Waals surface area contributed by atoms with Gasteiger partial charge in [0.25, 0.3) is 0 Å². The molecule has 2 aromatic rings. The van der Waals surface area contributed by atoms with Gasteiger partial charge in [-0.15, -0.1) is 0 Å². The first-order valence-corrected chi connectivity index (χ1v) is 19.0. The molecule has 0 unspecified atom stereocenters. The number of hydrogen-bond donors (Lipinski definition) is 0. The molecule has 0 N–H and O–H groups in total. The van der Waals surface area contributed by atoms with E-state index in [1.807, 2.05) is 6.08 Å². The zero-order valence-corrected chi connectivity index (χ0v) is 29.1. The summed E-state index contributed by atoms with van der Waals surface area (Å²) in [5.41, 5.74) is 17.7. The number of rotatable bonds is 26. The molecule has 0 saturated heterocycles. The quantitative estimate of drug-likeness (QED) is 0.0577. The van der Waals surface area contributed by atoms with Gasteiger partial charge >= 0.3 is 0 Å². The summed E-state index contributed by atoms with van der Waals surface area (Å²) in [7, 11) is 0. The van der Waals surface area contributed by atoms with Crippen LogP contribution in [0.3, 0.4) is 0 Å². The lowest BCUT2D eigenvalue weighted by atomic mass is 9.99. The van der Waals surface area contributed by atoms with Gasteiger partial charge < -0.3 is 5.53 Å². The molecule has 246 valence electrons. The van der Waals surface area contributed by atoms with E-state index in [1.165, 1.54) is 138 Å². The number of benzene rings is 2. The Labute approximate surface area is 277 Å². The zero-order valence-electron chi connectivity index (χ0n) is 29.1. The maximum Gasteiger partial charge on any atom is 0.207 e. The van der Waals surface area contributed by atoms with E-state index >= 15 is 0 Å². The minimum atomic E-state index is 0.846. The van der Waals surface area contributed by atoms with E-state index in [9.17, 15) is 5.53 Å². The van der Waals surface area contributed by atoms with E-state index in [-0.39, 0.29) is 0 Å². The lowest BCUT2D eigenvalue weighted by Crippen LogP contribution is -2.04. The lowest BCUT2D eigenvalue weighted by molar-refractivity contribution is -0.344. The third-order valence-corrected chi connectivity index (χ3v) is 9.43. The summed E-state index contributed by atoms with van der Waals surface area (Å²) in [6.45, 7) is 4.53. The van der Waals surface area contributed by atoms with Gasteiger partial charge in [-0.25, -0.2) is 4.70 Å². The maximum absolute atomic E-state index is 11.1. The van der Waals surface area contributed by atoms with Crippen molar-refractivity contribution in [2.24, 2.45) is 0 Å². The average molecular weight is 609 g/mol. The Hall–Kier alpha value is -2.74. The highest BCUT2D eigenvalue weighted by molar-refractivity contribution is 5.76. The van der Waals surface area contributed by atoms with Gasteiger partial charge in [0.1, 0.15) is 0 Å². The summed E-state index contributed by atoms with van der Waals surface area (Å²) < 4.78 is 1.37. The van der Waals surface area contributed by atoms with Crippen LogP contribution in [0.15, 0.2) is 72.8 Å². The maximum atomic E-state index is 11.1. The van der Waals surface area contributed by atoms with Gasteiger partial charge in [0, 0.05) is 23.3 Å². The first-order valence-electron chi connectivity index (χ1n) is 19.0. The van der Waals surface area contributed by atoms with E-state index in [0.29, 0.717) is 0 Å². The lowest BCUT2D eigenvalue weighted by Gasteiger charge is -2.12. The molecule has 2 aromatic carbocycles. The SMILES string of the molecule is CCCCCCCCCCCCCCCCCCC=CCCCc1ccccc1C1=CC=C(c2ccc(CCCC)cc2)[N+]1=[N-]. The minimum Gasteiger partial charge on any atom is -0.493 e. The number of allylic oxidation sites excluding steroid dienone is 4. The molecule has 0 radical (unpaired) electrons. The van der Waals surface area contributed by atoms with Crippen molar-refractivity contribution in [3.63, 3.8) is 0 Å². The van der Waals surface area contributed by atoms with E-state index in [2.05, 4.69) is 80.6 Å². The molecule has 2 nitrogen and oxygen atoms in total. The van der Waals surface area contributed by atoms with Crippen LogP contribution in [0.25, 0.3) is 16.9 Å². The standard InChI is InChI=1S/C43H64N2/c1-3-5-7-8-9-10-11-12-13-14-15-16-17-18-19-20-21-22-23-24-25-29-39-30-26-27-31-41(39)43-37-36-42(45(43)44)40-34-32-38(33-35-40)28-6-4-2/h22-23,26-27,30-37H,3-21,24-25,28-29H2,1-2H3. The van der Waals surface area contributed by atoms with Crippen molar-refractivity contribution >= 4 is 11.4 Å². The average Bonchev–Trinajstić information content (AvgIpc) is 3.45.